The number of hydrogen-bond donors (Lipinski definition) is 2. The van der Waals surface area contributed by atoms with Crippen molar-refractivity contribution in [2.75, 3.05) is 19.0 Å². The third-order valence-electron chi connectivity index (χ3n) is 6.00. The Balaban J connectivity index is 1.23. The van der Waals surface area contributed by atoms with Crippen LogP contribution in [0, 0.1) is 0 Å². The second-order valence-electron chi connectivity index (χ2n) is 8.61. The average molecular weight is 583 g/mol. The molecule has 40 heavy (non-hydrogen) atoms. The SMILES string of the molecule is NC(=O)OCC1=C(C(=O)OCC(=O)c2ccccc2)N2C(=O)[C@@H](NC(=O)OCc3nc4ccccc4s3)[C@H]2SC1. The fourth-order valence-corrected chi connectivity index (χ4v) is 6.33. The molecule has 1 fully saturated rings. The van der Waals surface area contributed by atoms with Crippen LogP contribution in [0.1, 0.15) is 15.4 Å². The number of hydrogen-bond acceptors (Lipinski definition) is 11. The number of amides is 3. The van der Waals surface area contributed by atoms with Crippen molar-refractivity contribution in [1.82, 2.24) is 15.2 Å². The molecule has 3 heterocycles. The van der Waals surface area contributed by atoms with E-state index < -0.39 is 47.9 Å². The van der Waals surface area contributed by atoms with Crippen molar-refractivity contribution in [1.29, 1.82) is 0 Å². The van der Waals surface area contributed by atoms with Gasteiger partial charge in [-0.15, -0.1) is 23.1 Å². The molecule has 206 valence electrons. The van der Waals surface area contributed by atoms with Gasteiger partial charge in [-0.2, -0.15) is 0 Å². The van der Waals surface area contributed by atoms with Crippen LogP contribution in [0.5, 0.6) is 0 Å². The minimum Gasteiger partial charge on any atom is -0.453 e. The van der Waals surface area contributed by atoms with Gasteiger partial charge in [-0.3, -0.25) is 14.5 Å². The molecule has 5 rings (SSSR count). The second-order valence-corrected chi connectivity index (χ2v) is 10.8. The Bertz CT molecular complexity index is 1490. The number of thioether (sulfide) groups is 1. The number of esters is 1. The van der Waals surface area contributed by atoms with E-state index in [1.54, 1.807) is 30.3 Å². The lowest BCUT2D eigenvalue weighted by atomic mass is 10.0. The van der Waals surface area contributed by atoms with Crippen molar-refractivity contribution in [2.45, 2.75) is 18.0 Å². The number of para-hydroxylation sites is 1. The van der Waals surface area contributed by atoms with Crippen LogP contribution in [0.3, 0.4) is 0 Å². The first-order chi connectivity index (χ1) is 19.3. The van der Waals surface area contributed by atoms with E-state index in [0.29, 0.717) is 10.6 Å². The fourth-order valence-electron chi connectivity index (χ4n) is 4.13. The number of alkyl carbamates (subject to hydrolysis) is 1. The zero-order valence-corrected chi connectivity index (χ0v) is 22.4. The van der Waals surface area contributed by atoms with Crippen LogP contribution in [0.25, 0.3) is 10.2 Å². The molecule has 3 amide bonds. The Morgan fingerprint density at radius 1 is 1.00 bits per heavy atom. The van der Waals surface area contributed by atoms with Crippen LogP contribution >= 0.6 is 23.1 Å². The normalized spacial score (nSPS) is 18.0. The molecule has 0 spiro atoms. The smallest absolute Gasteiger partial charge is 0.408 e. The van der Waals surface area contributed by atoms with Gasteiger partial charge in [0, 0.05) is 16.9 Å². The van der Waals surface area contributed by atoms with E-state index in [-0.39, 0.29) is 30.2 Å². The first-order valence-electron chi connectivity index (χ1n) is 11.9. The Labute approximate surface area is 235 Å². The molecule has 3 N–H and O–H groups in total. The summed E-state index contributed by atoms with van der Waals surface area (Å²) >= 11 is 2.64. The summed E-state index contributed by atoms with van der Waals surface area (Å²) < 4.78 is 16.3. The molecule has 14 heteroatoms. The van der Waals surface area contributed by atoms with Gasteiger partial charge in [0.2, 0.25) is 0 Å². The van der Waals surface area contributed by atoms with Gasteiger partial charge < -0.3 is 25.3 Å². The zero-order valence-electron chi connectivity index (χ0n) is 20.7. The van der Waals surface area contributed by atoms with E-state index >= 15 is 0 Å². The van der Waals surface area contributed by atoms with Crippen LogP contribution in [0.4, 0.5) is 9.59 Å². The van der Waals surface area contributed by atoms with Gasteiger partial charge in [0.25, 0.3) is 5.91 Å². The summed E-state index contributed by atoms with van der Waals surface area (Å²) in [6, 6.07) is 14.8. The third-order valence-corrected chi connectivity index (χ3v) is 8.35. The molecule has 2 atom stereocenters. The molecule has 0 radical (unpaired) electrons. The summed E-state index contributed by atoms with van der Waals surface area (Å²) in [5.41, 5.74) is 6.34. The minimum absolute atomic E-state index is 0.0743. The topological polar surface area (TPSA) is 167 Å². The molecular formula is C26H22N4O8S2. The summed E-state index contributed by atoms with van der Waals surface area (Å²) in [6.07, 6.45) is -1.88. The predicted molar refractivity (Wildman–Crippen MR) is 144 cm³/mol. The van der Waals surface area contributed by atoms with Gasteiger partial charge in [0.1, 0.15) is 35.3 Å². The summed E-state index contributed by atoms with van der Waals surface area (Å²) in [6.45, 7) is -0.983. The molecule has 1 aromatic heterocycles. The van der Waals surface area contributed by atoms with Crippen LogP contribution in [0.2, 0.25) is 0 Å². The number of aromatic nitrogens is 1. The van der Waals surface area contributed by atoms with Crippen LogP contribution in [-0.4, -0.2) is 70.1 Å². The number of carbonyl (C=O) groups is 5. The first-order valence-corrected chi connectivity index (χ1v) is 13.8. The summed E-state index contributed by atoms with van der Waals surface area (Å²) in [5, 5.41) is 2.49. The summed E-state index contributed by atoms with van der Waals surface area (Å²) in [5.74, 6) is -1.79. The maximum atomic E-state index is 13.1. The number of thiazole rings is 1. The molecule has 0 aliphatic carbocycles. The van der Waals surface area contributed by atoms with Crippen molar-refractivity contribution >= 4 is 63.2 Å². The quantitative estimate of drug-likeness (QED) is 0.166. The van der Waals surface area contributed by atoms with Crippen LogP contribution in [-0.2, 0) is 30.4 Å². The molecule has 0 saturated carbocycles. The number of ether oxygens (including phenoxy) is 3. The monoisotopic (exact) mass is 582 g/mol. The highest BCUT2D eigenvalue weighted by Crippen LogP contribution is 2.40. The lowest BCUT2D eigenvalue weighted by Gasteiger charge is -2.49. The van der Waals surface area contributed by atoms with Crippen molar-refractivity contribution < 1.29 is 38.2 Å². The number of fused-ring (bicyclic) bond motifs is 2. The maximum Gasteiger partial charge on any atom is 0.408 e. The summed E-state index contributed by atoms with van der Waals surface area (Å²) in [7, 11) is 0. The number of benzene rings is 2. The third kappa shape index (κ3) is 5.77. The number of ketones is 1. The Kier molecular flexibility index (Phi) is 7.98. The number of rotatable bonds is 9. The molecule has 2 aromatic carbocycles. The fraction of sp³-hybridized carbons (Fsp3) is 0.231. The largest absolute Gasteiger partial charge is 0.453 e. The molecule has 0 bridgehead atoms. The highest BCUT2D eigenvalue weighted by molar-refractivity contribution is 8.00. The molecule has 2 aliphatic heterocycles. The number of nitrogens with one attached hydrogen (secondary N) is 1. The number of nitrogens with two attached hydrogens (primary N) is 1. The van der Waals surface area contributed by atoms with Crippen molar-refractivity contribution in [3.8, 4) is 0 Å². The van der Waals surface area contributed by atoms with E-state index in [1.165, 1.54) is 23.1 Å². The van der Waals surface area contributed by atoms with E-state index in [9.17, 15) is 24.0 Å². The highest BCUT2D eigenvalue weighted by Gasteiger charge is 2.54. The Hall–Kier alpha value is -4.43. The molecule has 0 unspecified atom stereocenters. The second kappa shape index (κ2) is 11.8. The van der Waals surface area contributed by atoms with E-state index in [2.05, 4.69) is 10.3 Å². The highest BCUT2D eigenvalue weighted by atomic mass is 32.2. The number of Topliss-reactive ketones (excluding diaryl/α,β-unsaturated/α-hetero) is 1. The average Bonchev–Trinajstić information content (AvgIpc) is 3.39. The molecule has 1 saturated heterocycles. The lowest BCUT2D eigenvalue weighted by Crippen LogP contribution is -2.70. The van der Waals surface area contributed by atoms with Gasteiger partial charge >= 0.3 is 18.2 Å². The Morgan fingerprint density at radius 2 is 1.75 bits per heavy atom. The zero-order chi connectivity index (χ0) is 28.2. The van der Waals surface area contributed by atoms with E-state index in [4.69, 9.17) is 19.9 Å². The molecule has 12 nitrogen and oxygen atoms in total. The van der Waals surface area contributed by atoms with Crippen molar-refractivity contribution in [3.05, 3.63) is 76.4 Å². The van der Waals surface area contributed by atoms with Gasteiger partial charge in [-0.1, -0.05) is 42.5 Å². The number of nitrogens with zero attached hydrogens (tertiary/aromatic N) is 2. The van der Waals surface area contributed by atoms with Gasteiger partial charge in [-0.25, -0.2) is 19.4 Å². The van der Waals surface area contributed by atoms with Crippen molar-refractivity contribution in [3.63, 3.8) is 0 Å². The number of carbonyl (C=O) groups excluding carboxylic acids is 5. The number of primary amides is 1. The maximum absolute atomic E-state index is 13.1. The minimum atomic E-state index is -1.06. The van der Waals surface area contributed by atoms with Gasteiger partial charge in [0.15, 0.2) is 12.4 Å². The van der Waals surface area contributed by atoms with Crippen molar-refractivity contribution in [2.24, 2.45) is 5.73 Å². The standard InChI is InChI=1S/C26H22N4O8S2/c27-25(34)37-10-15-13-39-23-20(29-26(35)38-12-19-28-16-8-4-5-9-18(16)40-19)22(32)30(23)21(15)24(33)36-11-17(31)14-6-2-1-3-7-14/h1-9,20,23H,10-13H2,(H2,27,34)(H,29,35)/t20-,23-/m1/s1. The van der Waals surface area contributed by atoms with Crippen LogP contribution in [0.15, 0.2) is 65.9 Å². The molecule has 3 aromatic rings. The molecule has 2 aliphatic rings. The van der Waals surface area contributed by atoms with E-state index in [0.717, 1.165) is 15.1 Å². The van der Waals surface area contributed by atoms with Crippen LogP contribution < -0.4 is 11.1 Å². The lowest BCUT2D eigenvalue weighted by molar-refractivity contribution is -0.151. The van der Waals surface area contributed by atoms with E-state index in [1.807, 2.05) is 24.3 Å². The number of β-lactam (4-membered cyclic amide) rings is 1. The predicted octanol–water partition coefficient (Wildman–Crippen LogP) is 2.58. The molecular weight excluding hydrogens is 560 g/mol. The summed E-state index contributed by atoms with van der Waals surface area (Å²) in [4.78, 5) is 67.7. The van der Waals surface area contributed by atoms with Gasteiger partial charge in [0.05, 0.1) is 10.2 Å². The van der Waals surface area contributed by atoms with Gasteiger partial charge in [-0.05, 0) is 12.1 Å². The Morgan fingerprint density at radius 3 is 2.50 bits per heavy atom. The first kappa shape index (κ1) is 27.1.